The van der Waals surface area contributed by atoms with Crippen LogP contribution in [0.3, 0.4) is 0 Å². The lowest BCUT2D eigenvalue weighted by atomic mass is 9.85. The van der Waals surface area contributed by atoms with E-state index in [1.165, 1.54) is 0 Å². The maximum atomic E-state index is 11.9. The van der Waals surface area contributed by atoms with Crippen molar-refractivity contribution in [3.8, 4) is 5.75 Å². The molecule has 21 heavy (non-hydrogen) atoms. The van der Waals surface area contributed by atoms with Gasteiger partial charge in [0.1, 0.15) is 5.75 Å². The summed E-state index contributed by atoms with van der Waals surface area (Å²) in [5.74, 6) is 1.76. The molecule has 0 unspecified atom stereocenters. The number of halogens is 2. The molecule has 1 amide bonds. The van der Waals surface area contributed by atoms with Crippen molar-refractivity contribution >= 4 is 29.1 Å². The van der Waals surface area contributed by atoms with E-state index in [1.54, 1.807) is 18.2 Å². The summed E-state index contributed by atoms with van der Waals surface area (Å²) in [6.45, 7) is 9.25. The number of amides is 1. The van der Waals surface area contributed by atoms with Gasteiger partial charge in [0.25, 0.3) is 5.91 Å². The standard InChI is InChI=1S/C16H23Cl2NO2/c1-10(2)13(11(3)4)8-19-16(20)9-21-15-7-12(17)5-6-14(15)18/h5-7,10-11,13H,8-9H2,1-4H3,(H,19,20). The highest BCUT2D eigenvalue weighted by molar-refractivity contribution is 6.34. The number of hydrogen-bond acceptors (Lipinski definition) is 2. The summed E-state index contributed by atoms with van der Waals surface area (Å²) in [5.41, 5.74) is 0. The van der Waals surface area contributed by atoms with Crippen molar-refractivity contribution in [2.24, 2.45) is 17.8 Å². The van der Waals surface area contributed by atoms with Gasteiger partial charge in [-0.05, 0) is 29.9 Å². The third-order valence-electron chi connectivity index (χ3n) is 3.50. The minimum absolute atomic E-state index is 0.0665. The van der Waals surface area contributed by atoms with Gasteiger partial charge in [0, 0.05) is 17.6 Å². The Morgan fingerprint density at radius 2 is 1.81 bits per heavy atom. The second kappa shape index (κ2) is 8.50. The molecule has 0 saturated carbocycles. The minimum Gasteiger partial charge on any atom is -0.482 e. The van der Waals surface area contributed by atoms with Gasteiger partial charge < -0.3 is 10.1 Å². The molecule has 1 aromatic carbocycles. The number of nitrogens with one attached hydrogen (secondary N) is 1. The first-order valence-electron chi connectivity index (χ1n) is 7.15. The van der Waals surface area contributed by atoms with Gasteiger partial charge in [-0.15, -0.1) is 0 Å². The summed E-state index contributed by atoms with van der Waals surface area (Å²) in [5, 5.41) is 3.87. The second-order valence-corrected chi connectivity index (χ2v) is 6.66. The largest absolute Gasteiger partial charge is 0.482 e. The van der Waals surface area contributed by atoms with Gasteiger partial charge in [0.05, 0.1) is 5.02 Å². The first kappa shape index (κ1) is 18.1. The fourth-order valence-electron chi connectivity index (χ4n) is 2.26. The highest BCUT2D eigenvalue weighted by Gasteiger charge is 2.18. The molecule has 0 aliphatic heterocycles. The normalized spacial score (nSPS) is 11.3. The minimum atomic E-state index is -0.155. The van der Waals surface area contributed by atoms with Gasteiger partial charge in [-0.1, -0.05) is 50.9 Å². The first-order chi connectivity index (χ1) is 9.81. The molecule has 1 N–H and O–H groups in total. The molecule has 0 fully saturated rings. The maximum absolute atomic E-state index is 11.9. The Labute approximate surface area is 137 Å². The number of carbonyl (C=O) groups is 1. The van der Waals surface area contributed by atoms with Crippen LogP contribution < -0.4 is 10.1 Å². The van der Waals surface area contributed by atoms with E-state index in [-0.39, 0.29) is 12.5 Å². The fraction of sp³-hybridized carbons (Fsp3) is 0.562. The highest BCUT2D eigenvalue weighted by Crippen LogP contribution is 2.27. The molecule has 0 aliphatic rings. The van der Waals surface area contributed by atoms with Gasteiger partial charge in [0.15, 0.2) is 6.61 Å². The van der Waals surface area contributed by atoms with Crippen molar-refractivity contribution in [3.63, 3.8) is 0 Å². The maximum Gasteiger partial charge on any atom is 0.257 e. The van der Waals surface area contributed by atoms with Crippen LogP contribution in [0.2, 0.25) is 10.0 Å². The van der Waals surface area contributed by atoms with Gasteiger partial charge in [-0.2, -0.15) is 0 Å². The van der Waals surface area contributed by atoms with E-state index in [9.17, 15) is 4.79 Å². The molecule has 0 atom stereocenters. The number of hydrogen-bond donors (Lipinski definition) is 1. The van der Waals surface area contributed by atoms with Crippen LogP contribution in [0.4, 0.5) is 0 Å². The fourth-order valence-corrected chi connectivity index (χ4v) is 2.59. The average molecular weight is 332 g/mol. The third kappa shape index (κ3) is 6.15. The van der Waals surface area contributed by atoms with E-state index >= 15 is 0 Å². The van der Waals surface area contributed by atoms with E-state index < -0.39 is 0 Å². The highest BCUT2D eigenvalue weighted by atomic mass is 35.5. The van der Waals surface area contributed by atoms with Crippen LogP contribution in [0.25, 0.3) is 0 Å². The van der Waals surface area contributed by atoms with Gasteiger partial charge >= 0.3 is 0 Å². The summed E-state index contributed by atoms with van der Waals surface area (Å²) < 4.78 is 5.40. The lowest BCUT2D eigenvalue weighted by molar-refractivity contribution is -0.123. The molecule has 0 spiro atoms. The monoisotopic (exact) mass is 331 g/mol. The predicted octanol–water partition coefficient (Wildman–Crippen LogP) is 4.42. The van der Waals surface area contributed by atoms with Gasteiger partial charge in [-0.3, -0.25) is 4.79 Å². The van der Waals surface area contributed by atoms with E-state index in [0.717, 1.165) is 0 Å². The molecule has 5 heteroatoms. The van der Waals surface area contributed by atoms with Crippen LogP contribution in [-0.2, 0) is 4.79 Å². The van der Waals surface area contributed by atoms with Crippen molar-refractivity contribution in [2.75, 3.05) is 13.2 Å². The lowest BCUT2D eigenvalue weighted by Gasteiger charge is -2.25. The smallest absolute Gasteiger partial charge is 0.257 e. The quantitative estimate of drug-likeness (QED) is 0.803. The van der Waals surface area contributed by atoms with Crippen LogP contribution in [0.5, 0.6) is 5.75 Å². The molecule has 0 heterocycles. The SMILES string of the molecule is CC(C)C(CNC(=O)COc1cc(Cl)ccc1Cl)C(C)C. The van der Waals surface area contributed by atoms with Crippen molar-refractivity contribution in [1.82, 2.24) is 5.32 Å². The Kier molecular flexibility index (Phi) is 7.33. The summed E-state index contributed by atoms with van der Waals surface area (Å²) in [4.78, 5) is 11.9. The molecule has 1 rings (SSSR count). The zero-order valence-corrected chi connectivity index (χ0v) is 14.5. The molecular weight excluding hydrogens is 309 g/mol. The van der Waals surface area contributed by atoms with E-state index in [4.69, 9.17) is 27.9 Å². The molecule has 0 saturated heterocycles. The topological polar surface area (TPSA) is 38.3 Å². The van der Waals surface area contributed by atoms with Crippen LogP contribution in [-0.4, -0.2) is 19.1 Å². The zero-order chi connectivity index (χ0) is 16.0. The van der Waals surface area contributed by atoms with Gasteiger partial charge in [0.2, 0.25) is 0 Å². The molecular formula is C16H23Cl2NO2. The first-order valence-corrected chi connectivity index (χ1v) is 7.91. The van der Waals surface area contributed by atoms with E-state index in [1.807, 2.05) is 0 Å². The van der Waals surface area contributed by atoms with Crippen molar-refractivity contribution in [3.05, 3.63) is 28.2 Å². The van der Waals surface area contributed by atoms with Gasteiger partial charge in [-0.25, -0.2) is 0 Å². The Hall–Kier alpha value is -0.930. The van der Waals surface area contributed by atoms with Crippen LogP contribution in [0.1, 0.15) is 27.7 Å². The third-order valence-corrected chi connectivity index (χ3v) is 4.05. The van der Waals surface area contributed by atoms with Crippen LogP contribution >= 0.6 is 23.2 Å². The molecule has 0 aromatic heterocycles. The number of rotatable bonds is 7. The number of carbonyl (C=O) groups excluding carboxylic acids is 1. The molecule has 0 aliphatic carbocycles. The Bertz CT molecular complexity index is 467. The molecule has 0 radical (unpaired) electrons. The molecule has 1 aromatic rings. The molecule has 3 nitrogen and oxygen atoms in total. The second-order valence-electron chi connectivity index (χ2n) is 5.82. The van der Waals surface area contributed by atoms with Crippen LogP contribution in [0, 0.1) is 17.8 Å². The summed E-state index contributed by atoms with van der Waals surface area (Å²) in [6, 6.07) is 4.92. The number of benzene rings is 1. The summed E-state index contributed by atoms with van der Waals surface area (Å²) in [6.07, 6.45) is 0. The number of ether oxygens (including phenoxy) is 1. The summed E-state index contributed by atoms with van der Waals surface area (Å²) >= 11 is 11.8. The zero-order valence-electron chi connectivity index (χ0n) is 13.0. The molecule has 118 valence electrons. The van der Waals surface area contributed by atoms with E-state index in [2.05, 4.69) is 33.0 Å². The molecule has 0 bridgehead atoms. The van der Waals surface area contributed by atoms with Crippen molar-refractivity contribution < 1.29 is 9.53 Å². The Morgan fingerprint density at radius 1 is 1.19 bits per heavy atom. The average Bonchev–Trinajstić information content (AvgIpc) is 2.39. The Balaban J connectivity index is 2.45. The lowest BCUT2D eigenvalue weighted by Crippen LogP contribution is -2.36. The van der Waals surface area contributed by atoms with Crippen LogP contribution in [0.15, 0.2) is 18.2 Å². The van der Waals surface area contributed by atoms with Crippen molar-refractivity contribution in [2.45, 2.75) is 27.7 Å². The van der Waals surface area contributed by atoms with Crippen molar-refractivity contribution in [1.29, 1.82) is 0 Å². The summed E-state index contributed by atoms with van der Waals surface area (Å²) in [7, 11) is 0. The predicted molar refractivity (Wildman–Crippen MR) is 88.1 cm³/mol. The van der Waals surface area contributed by atoms with E-state index in [0.29, 0.717) is 40.1 Å². The Morgan fingerprint density at radius 3 is 2.38 bits per heavy atom.